The van der Waals surface area contributed by atoms with Crippen molar-refractivity contribution in [2.45, 2.75) is 297 Å². The third-order valence-electron chi connectivity index (χ3n) is 13.5. The maximum Gasteiger partial charge on any atom is 0.306 e. The molecule has 6 heteroatoms. The van der Waals surface area contributed by atoms with E-state index in [0.29, 0.717) is 19.3 Å². The van der Waals surface area contributed by atoms with Gasteiger partial charge in [0.1, 0.15) is 13.2 Å². The van der Waals surface area contributed by atoms with Crippen LogP contribution in [0.25, 0.3) is 0 Å². The lowest BCUT2D eigenvalue weighted by Crippen LogP contribution is -2.30. The molecule has 6 nitrogen and oxygen atoms in total. The summed E-state index contributed by atoms with van der Waals surface area (Å²) in [4.78, 5) is 38.0. The molecule has 77 heavy (non-hydrogen) atoms. The predicted octanol–water partition coefficient (Wildman–Crippen LogP) is 22.0. The second kappa shape index (κ2) is 64.3. The molecule has 0 aliphatic heterocycles. The van der Waals surface area contributed by atoms with Crippen LogP contribution in [0.15, 0.2) is 122 Å². The lowest BCUT2D eigenvalue weighted by molar-refractivity contribution is -0.167. The summed E-state index contributed by atoms with van der Waals surface area (Å²) >= 11 is 0. The van der Waals surface area contributed by atoms with E-state index in [-0.39, 0.29) is 31.1 Å². The van der Waals surface area contributed by atoms with Gasteiger partial charge in [-0.25, -0.2) is 0 Å². The molecule has 0 aliphatic rings. The van der Waals surface area contributed by atoms with Crippen molar-refractivity contribution >= 4 is 17.9 Å². The molecule has 0 aromatic carbocycles. The summed E-state index contributed by atoms with van der Waals surface area (Å²) < 4.78 is 16.8. The third kappa shape index (κ3) is 62.5. The summed E-state index contributed by atoms with van der Waals surface area (Å²) in [5.74, 6) is -0.941. The molecule has 0 saturated heterocycles. The maximum absolute atomic E-state index is 12.8. The number of hydrogen-bond donors (Lipinski definition) is 0. The van der Waals surface area contributed by atoms with E-state index in [1.54, 1.807) is 0 Å². The van der Waals surface area contributed by atoms with Gasteiger partial charge in [-0.2, -0.15) is 0 Å². The van der Waals surface area contributed by atoms with E-state index in [0.717, 1.165) is 122 Å². The number of unbranched alkanes of at least 4 members (excludes halogenated alkanes) is 26. The van der Waals surface area contributed by atoms with Gasteiger partial charge in [0.2, 0.25) is 0 Å². The van der Waals surface area contributed by atoms with E-state index < -0.39 is 6.10 Å². The molecule has 0 aromatic heterocycles. The first-order valence-electron chi connectivity index (χ1n) is 32.0. The summed E-state index contributed by atoms with van der Waals surface area (Å²) in [7, 11) is 0. The fourth-order valence-electron chi connectivity index (χ4n) is 8.71. The van der Waals surface area contributed by atoms with Gasteiger partial charge in [0, 0.05) is 19.3 Å². The molecule has 0 bridgehead atoms. The highest BCUT2D eigenvalue weighted by Crippen LogP contribution is 2.16. The normalized spacial score (nSPS) is 12.9. The number of hydrogen-bond acceptors (Lipinski definition) is 6. The van der Waals surface area contributed by atoms with Gasteiger partial charge in [-0.3, -0.25) is 14.4 Å². The second-order valence-electron chi connectivity index (χ2n) is 21.0. The van der Waals surface area contributed by atoms with Crippen LogP contribution >= 0.6 is 0 Å². The molecule has 0 heterocycles. The molecule has 0 aromatic rings. The average molecular weight is 1070 g/mol. The zero-order chi connectivity index (χ0) is 55.7. The SMILES string of the molecule is CC/C=C\C/C=C\C/C=C\C/C=C\C/C=C\C/C=C\C/C=C\C/C=C\C/C=C\C/C=C\CCCCC(=O)OCC(COC(=O)CCCCCCCC)OC(=O)CCCCCCCCCCCCCCCCCCCCCC. The van der Waals surface area contributed by atoms with Crippen molar-refractivity contribution in [1.29, 1.82) is 0 Å². The van der Waals surface area contributed by atoms with Crippen molar-refractivity contribution in [3.63, 3.8) is 0 Å². The summed E-state index contributed by atoms with van der Waals surface area (Å²) in [5, 5.41) is 0. The van der Waals surface area contributed by atoms with Crippen LogP contribution in [0, 0.1) is 0 Å². The lowest BCUT2D eigenvalue weighted by atomic mass is 10.0. The molecule has 0 rings (SSSR count). The minimum Gasteiger partial charge on any atom is -0.462 e. The summed E-state index contributed by atoms with van der Waals surface area (Å²) in [6.45, 7) is 6.45. The predicted molar refractivity (Wildman–Crippen MR) is 334 cm³/mol. The van der Waals surface area contributed by atoms with Gasteiger partial charge in [0.05, 0.1) is 0 Å². The van der Waals surface area contributed by atoms with Crippen molar-refractivity contribution in [1.82, 2.24) is 0 Å². The van der Waals surface area contributed by atoms with Gasteiger partial charge in [-0.15, -0.1) is 0 Å². The number of ether oxygens (including phenoxy) is 3. The van der Waals surface area contributed by atoms with Crippen molar-refractivity contribution in [2.75, 3.05) is 13.2 Å². The maximum atomic E-state index is 12.8. The molecular weight excluding hydrogens is 949 g/mol. The number of rotatable bonds is 57. The minimum absolute atomic E-state index is 0.0911. The number of allylic oxidation sites excluding steroid dienone is 20. The van der Waals surface area contributed by atoms with E-state index in [9.17, 15) is 14.4 Å². The third-order valence-corrected chi connectivity index (χ3v) is 13.5. The van der Waals surface area contributed by atoms with Crippen molar-refractivity contribution in [3.8, 4) is 0 Å². The quantitative estimate of drug-likeness (QED) is 0.0261. The monoisotopic (exact) mass is 1070 g/mol. The Bertz CT molecular complexity index is 1600. The molecule has 0 saturated carbocycles. The summed E-state index contributed by atoms with van der Waals surface area (Å²) in [6, 6.07) is 0. The first-order chi connectivity index (χ1) is 38.0. The first-order valence-corrected chi connectivity index (χ1v) is 32.0. The van der Waals surface area contributed by atoms with Crippen LogP contribution in [-0.2, 0) is 28.6 Å². The Morgan fingerprint density at radius 2 is 0.506 bits per heavy atom. The molecule has 1 atom stereocenters. The fraction of sp³-hybridized carbons (Fsp3) is 0.676. The number of carbonyl (C=O) groups excluding carboxylic acids is 3. The Labute approximate surface area is 475 Å². The van der Waals surface area contributed by atoms with Gasteiger partial charge >= 0.3 is 17.9 Å². The van der Waals surface area contributed by atoms with Crippen LogP contribution in [-0.4, -0.2) is 37.2 Å². The van der Waals surface area contributed by atoms with Gasteiger partial charge < -0.3 is 14.2 Å². The van der Waals surface area contributed by atoms with Crippen molar-refractivity contribution < 1.29 is 28.6 Å². The molecule has 0 amide bonds. The lowest BCUT2D eigenvalue weighted by Gasteiger charge is -2.18. The van der Waals surface area contributed by atoms with Crippen LogP contribution in [0.1, 0.15) is 290 Å². The topological polar surface area (TPSA) is 78.9 Å². The van der Waals surface area contributed by atoms with E-state index in [4.69, 9.17) is 14.2 Å². The average Bonchev–Trinajstić information content (AvgIpc) is 3.43. The molecule has 0 aliphatic carbocycles. The highest BCUT2D eigenvalue weighted by Gasteiger charge is 2.19. The van der Waals surface area contributed by atoms with E-state index in [1.807, 2.05) is 0 Å². The second-order valence-corrected chi connectivity index (χ2v) is 21.0. The standard InChI is InChI=1S/C71H118O6/c1-4-7-10-13-16-18-20-22-24-26-28-30-31-32-33-34-35-36-37-38-39-40-41-42-44-45-47-49-51-53-55-58-61-64-70(73)76-67-68(66-75-69(72)63-60-57-15-12-9-6-3)77-71(74)65-62-59-56-54-52-50-48-46-43-29-27-25-23-21-19-17-14-11-8-5-2/h7,10,16,18,22,24,28,30,32-33,35-36,38-39,41-42,45,47,51,53,68H,4-6,8-9,11-15,17,19-21,23,25-27,29,31,34,37,40,43-44,46,48-50,52,54-67H2,1-3H3/b10-7-,18-16-,24-22-,30-28-,33-32-,36-35-,39-38-,42-41-,47-45-,53-51-. The highest BCUT2D eigenvalue weighted by atomic mass is 16.6. The van der Waals surface area contributed by atoms with E-state index >= 15 is 0 Å². The molecule has 438 valence electrons. The molecule has 0 fully saturated rings. The van der Waals surface area contributed by atoms with Crippen LogP contribution < -0.4 is 0 Å². The number of carbonyl (C=O) groups is 3. The minimum atomic E-state index is -0.794. The van der Waals surface area contributed by atoms with Gasteiger partial charge in [0.15, 0.2) is 6.10 Å². The zero-order valence-corrected chi connectivity index (χ0v) is 50.2. The van der Waals surface area contributed by atoms with Crippen LogP contribution in [0.3, 0.4) is 0 Å². The van der Waals surface area contributed by atoms with Crippen LogP contribution in [0.5, 0.6) is 0 Å². The summed E-state index contributed by atoms with van der Waals surface area (Å²) in [6.07, 6.45) is 89.6. The van der Waals surface area contributed by atoms with Gasteiger partial charge in [-0.1, -0.05) is 296 Å². The van der Waals surface area contributed by atoms with Crippen molar-refractivity contribution in [3.05, 3.63) is 122 Å². The van der Waals surface area contributed by atoms with Gasteiger partial charge in [-0.05, 0) is 96.3 Å². The fourth-order valence-corrected chi connectivity index (χ4v) is 8.71. The first kappa shape index (κ1) is 72.8. The van der Waals surface area contributed by atoms with E-state index in [2.05, 4.69) is 142 Å². The molecule has 0 radical (unpaired) electrons. The Morgan fingerprint density at radius 3 is 0.792 bits per heavy atom. The Morgan fingerprint density at radius 1 is 0.273 bits per heavy atom. The smallest absolute Gasteiger partial charge is 0.306 e. The molecule has 0 N–H and O–H groups in total. The number of esters is 3. The van der Waals surface area contributed by atoms with Crippen LogP contribution in [0.4, 0.5) is 0 Å². The van der Waals surface area contributed by atoms with Gasteiger partial charge in [0.25, 0.3) is 0 Å². The largest absolute Gasteiger partial charge is 0.462 e. The highest BCUT2D eigenvalue weighted by molar-refractivity contribution is 5.71. The van der Waals surface area contributed by atoms with Crippen molar-refractivity contribution in [2.24, 2.45) is 0 Å². The van der Waals surface area contributed by atoms with E-state index in [1.165, 1.54) is 128 Å². The Hall–Kier alpha value is -4.19. The molecular formula is C71H118O6. The molecule has 0 spiro atoms. The Kier molecular flexibility index (Phi) is 60.8. The zero-order valence-electron chi connectivity index (χ0n) is 50.2. The summed E-state index contributed by atoms with van der Waals surface area (Å²) in [5.41, 5.74) is 0. The Balaban J connectivity index is 4.19. The van der Waals surface area contributed by atoms with Crippen LogP contribution in [0.2, 0.25) is 0 Å². The molecule has 1 unspecified atom stereocenters.